The van der Waals surface area contributed by atoms with Crippen molar-refractivity contribution < 1.29 is 83.1 Å². The zero-order chi connectivity index (χ0) is 29.1. The summed E-state index contributed by atoms with van der Waals surface area (Å²) in [4.78, 5) is 30.6. The Bertz CT molecular complexity index is 847. The van der Waals surface area contributed by atoms with E-state index in [0.717, 1.165) is 6.92 Å². The zero-order valence-corrected chi connectivity index (χ0v) is 21.7. The SMILES string of the molecule is CC(=O)N[C@H]1[C@H](O[C@@H]2[C@H](O[C@H]3C[C@H](O)CO[C@H]3O)O[C@@H](CCO)[C@@H](O)[C@@H]2O)O[C@H](CO)[C@@H](O)[C@@H]1OP(=O)(O)O. The predicted molar refractivity (Wildman–Crippen MR) is 121 cm³/mol. The minimum Gasteiger partial charge on any atom is -0.396 e. The summed E-state index contributed by atoms with van der Waals surface area (Å²) in [5.74, 6) is -0.765. The summed E-state index contributed by atoms with van der Waals surface area (Å²) < 4.78 is 44.0. The van der Waals surface area contributed by atoms with Crippen molar-refractivity contribution in [3.8, 4) is 0 Å². The molecule has 10 N–H and O–H groups in total. The van der Waals surface area contributed by atoms with E-state index in [1.54, 1.807) is 0 Å². The summed E-state index contributed by atoms with van der Waals surface area (Å²) in [5, 5.41) is 73.4. The predicted octanol–water partition coefficient (Wildman–Crippen LogP) is -5.25. The topological polar surface area (TPSA) is 284 Å². The molecule has 1 amide bonds. The summed E-state index contributed by atoms with van der Waals surface area (Å²) >= 11 is 0. The van der Waals surface area contributed by atoms with Crippen LogP contribution >= 0.6 is 7.82 Å². The van der Waals surface area contributed by atoms with Crippen LogP contribution in [-0.2, 0) is 37.6 Å². The third-order valence-electron chi connectivity index (χ3n) is 6.42. The van der Waals surface area contributed by atoms with E-state index in [9.17, 15) is 54.9 Å². The molecule has 13 atom stereocenters. The van der Waals surface area contributed by atoms with Crippen LogP contribution in [0.4, 0.5) is 0 Å². The van der Waals surface area contributed by atoms with Gasteiger partial charge in [-0.2, -0.15) is 0 Å². The molecule has 0 aromatic heterocycles. The van der Waals surface area contributed by atoms with Gasteiger partial charge < -0.3 is 74.5 Å². The lowest BCUT2D eigenvalue weighted by molar-refractivity contribution is -0.371. The molecule has 3 rings (SSSR count). The number of carbonyl (C=O) groups excluding carboxylic acids is 1. The highest BCUT2D eigenvalue weighted by molar-refractivity contribution is 7.46. The summed E-state index contributed by atoms with van der Waals surface area (Å²) in [6, 6.07) is -1.64. The molecule has 3 saturated heterocycles. The molecule has 0 spiro atoms. The Morgan fingerprint density at radius 2 is 1.62 bits per heavy atom. The minimum absolute atomic E-state index is 0.123. The molecular formula is C20H36NO17P. The second kappa shape index (κ2) is 13.8. The monoisotopic (exact) mass is 593 g/mol. The summed E-state index contributed by atoms with van der Waals surface area (Å²) in [6.45, 7) is -0.474. The van der Waals surface area contributed by atoms with E-state index in [0.29, 0.717) is 0 Å². The third-order valence-corrected chi connectivity index (χ3v) is 6.94. The van der Waals surface area contributed by atoms with Gasteiger partial charge in [-0.1, -0.05) is 0 Å². The number of phosphoric ester groups is 1. The van der Waals surface area contributed by atoms with Crippen molar-refractivity contribution in [2.24, 2.45) is 0 Å². The summed E-state index contributed by atoms with van der Waals surface area (Å²) in [7, 11) is -5.28. The molecule has 0 aliphatic carbocycles. The maximum atomic E-state index is 11.9. The average Bonchev–Trinajstić information content (AvgIpc) is 2.84. The molecule has 3 aliphatic rings. The van der Waals surface area contributed by atoms with Crippen molar-refractivity contribution in [2.75, 3.05) is 19.8 Å². The molecule has 0 aromatic carbocycles. The van der Waals surface area contributed by atoms with Gasteiger partial charge in [-0.15, -0.1) is 0 Å². The van der Waals surface area contributed by atoms with Crippen molar-refractivity contribution in [1.82, 2.24) is 5.32 Å². The van der Waals surface area contributed by atoms with Crippen LogP contribution in [-0.4, -0.2) is 151 Å². The molecule has 0 radical (unpaired) electrons. The van der Waals surface area contributed by atoms with Crippen molar-refractivity contribution in [3.63, 3.8) is 0 Å². The lowest BCUT2D eigenvalue weighted by Gasteiger charge is -2.48. The van der Waals surface area contributed by atoms with Crippen molar-refractivity contribution in [2.45, 2.75) is 99.6 Å². The smallest absolute Gasteiger partial charge is 0.396 e. The van der Waals surface area contributed by atoms with Gasteiger partial charge in [-0.3, -0.25) is 9.32 Å². The highest BCUT2D eigenvalue weighted by atomic mass is 31.2. The fraction of sp³-hybridized carbons (Fsp3) is 0.950. The van der Waals surface area contributed by atoms with Gasteiger partial charge in [0.2, 0.25) is 5.91 Å². The van der Waals surface area contributed by atoms with Crippen molar-refractivity contribution in [1.29, 1.82) is 0 Å². The number of carbonyl (C=O) groups is 1. The van der Waals surface area contributed by atoms with Gasteiger partial charge in [0.25, 0.3) is 0 Å². The molecule has 3 aliphatic heterocycles. The molecule has 0 saturated carbocycles. The van der Waals surface area contributed by atoms with Crippen LogP contribution in [0.2, 0.25) is 0 Å². The number of aliphatic hydroxyl groups excluding tert-OH is 7. The fourth-order valence-corrected chi connectivity index (χ4v) is 5.17. The highest BCUT2D eigenvalue weighted by Gasteiger charge is 2.54. The fourth-order valence-electron chi connectivity index (χ4n) is 4.60. The molecule has 3 fully saturated rings. The van der Waals surface area contributed by atoms with Gasteiger partial charge in [0.1, 0.15) is 48.8 Å². The lowest BCUT2D eigenvalue weighted by atomic mass is 9.95. The van der Waals surface area contributed by atoms with E-state index in [2.05, 4.69) is 9.84 Å². The second-order valence-electron chi connectivity index (χ2n) is 9.43. The first-order valence-corrected chi connectivity index (χ1v) is 13.6. The lowest BCUT2D eigenvalue weighted by Crippen LogP contribution is -2.68. The van der Waals surface area contributed by atoms with Gasteiger partial charge in [0, 0.05) is 20.0 Å². The van der Waals surface area contributed by atoms with Crippen LogP contribution in [0.3, 0.4) is 0 Å². The van der Waals surface area contributed by atoms with E-state index in [1.165, 1.54) is 0 Å². The zero-order valence-electron chi connectivity index (χ0n) is 20.8. The standard InChI is InChI=1S/C20H36NO17P/c1-7(24)21-12-16(38-39(30,31)32)14(27)11(5-23)36-19(12)37-17-15(28)13(26)9(2-3-22)34-20(17)35-10-4-8(25)6-33-18(10)29/h8-20,22-23,25-29H,2-6H2,1H3,(H,21,24)(H2,30,31,32)/t8-,9-,10-,11+,12+,13+,14+,15-,16+,17-,18+,19-,20-/m0/s1. The average molecular weight is 593 g/mol. The van der Waals surface area contributed by atoms with Gasteiger partial charge in [-0.05, 0) is 6.42 Å². The number of amides is 1. The Morgan fingerprint density at radius 3 is 2.21 bits per heavy atom. The Hall–Kier alpha value is -0.900. The Balaban J connectivity index is 1.93. The van der Waals surface area contributed by atoms with Crippen molar-refractivity contribution in [3.05, 3.63) is 0 Å². The molecule has 0 bridgehead atoms. The number of ether oxygens (including phenoxy) is 5. The maximum Gasteiger partial charge on any atom is 0.470 e. The van der Waals surface area contributed by atoms with E-state index >= 15 is 0 Å². The number of hydrogen-bond donors (Lipinski definition) is 10. The van der Waals surface area contributed by atoms with Gasteiger partial charge >= 0.3 is 7.82 Å². The Morgan fingerprint density at radius 1 is 0.949 bits per heavy atom. The van der Waals surface area contributed by atoms with Gasteiger partial charge in [-0.25, -0.2) is 4.57 Å². The second-order valence-corrected chi connectivity index (χ2v) is 10.6. The van der Waals surface area contributed by atoms with Crippen LogP contribution < -0.4 is 5.32 Å². The van der Waals surface area contributed by atoms with E-state index in [1.807, 2.05) is 0 Å². The van der Waals surface area contributed by atoms with Crippen LogP contribution in [0.15, 0.2) is 0 Å². The quantitative estimate of drug-likeness (QED) is 0.106. The van der Waals surface area contributed by atoms with Gasteiger partial charge in [0.05, 0.1) is 25.4 Å². The molecule has 39 heavy (non-hydrogen) atoms. The third kappa shape index (κ3) is 8.32. The Kier molecular flexibility index (Phi) is 11.6. The van der Waals surface area contributed by atoms with Crippen LogP contribution in [0, 0.1) is 0 Å². The van der Waals surface area contributed by atoms with Gasteiger partial charge in [0.15, 0.2) is 18.9 Å². The Labute approximate surface area is 222 Å². The first kappa shape index (κ1) is 32.6. The van der Waals surface area contributed by atoms with Crippen LogP contribution in [0.25, 0.3) is 0 Å². The van der Waals surface area contributed by atoms with Crippen molar-refractivity contribution >= 4 is 13.7 Å². The van der Waals surface area contributed by atoms with Crippen LogP contribution in [0.5, 0.6) is 0 Å². The largest absolute Gasteiger partial charge is 0.470 e. The number of nitrogens with one attached hydrogen (secondary N) is 1. The minimum atomic E-state index is -5.28. The van der Waals surface area contributed by atoms with E-state index in [-0.39, 0.29) is 19.4 Å². The van der Waals surface area contributed by atoms with Crippen LogP contribution in [0.1, 0.15) is 19.8 Å². The van der Waals surface area contributed by atoms with E-state index < -0.39 is 107 Å². The summed E-state index contributed by atoms with van der Waals surface area (Å²) in [6.07, 6.45) is -19.1. The molecule has 0 aromatic rings. The highest BCUT2D eigenvalue weighted by Crippen LogP contribution is 2.42. The first-order chi connectivity index (χ1) is 18.2. The number of aliphatic hydroxyl groups is 7. The first-order valence-electron chi connectivity index (χ1n) is 12.1. The number of phosphoric acid groups is 1. The molecule has 0 unspecified atom stereocenters. The molecule has 228 valence electrons. The number of hydrogen-bond acceptors (Lipinski definition) is 15. The molecule has 18 nitrogen and oxygen atoms in total. The number of rotatable bonds is 10. The molecule has 3 heterocycles. The summed E-state index contributed by atoms with van der Waals surface area (Å²) in [5.41, 5.74) is 0. The molecular weight excluding hydrogens is 557 g/mol. The van der Waals surface area contributed by atoms with E-state index in [4.69, 9.17) is 23.7 Å². The maximum absolute atomic E-state index is 11.9. The molecule has 19 heteroatoms. The normalized spacial score (nSPS) is 43.7.